The van der Waals surface area contributed by atoms with E-state index in [1.54, 1.807) is 29.0 Å². The van der Waals surface area contributed by atoms with Crippen LogP contribution < -0.4 is 10.5 Å². The molecule has 8 heteroatoms. The van der Waals surface area contributed by atoms with E-state index in [1.165, 1.54) is 0 Å². The van der Waals surface area contributed by atoms with E-state index in [4.69, 9.17) is 5.73 Å². The van der Waals surface area contributed by atoms with Gasteiger partial charge in [-0.1, -0.05) is 12.1 Å². The number of sulfonamides is 1. The molecule has 0 unspecified atom stereocenters. The first kappa shape index (κ1) is 10.8. The van der Waals surface area contributed by atoms with Gasteiger partial charge < -0.3 is 5.73 Å². The molecule has 0 saturated heterocycles. The first-order valence-electron chi connectivity index (χ1n) is 4.17. The summed E-state index contributed by atoms with van der Waals surface area (Å²) in [6, 6.07) is 5.84. The number of urea groups is 1. The Morgan fingerprint density at radius 3 is 2.69 bits per heavy atom. The molecule has 2 amide bonds. The van der Waals surface area contributed by atoms with Crippen molar-refractivity contribution in [2.24, 2.45) is 5.73 Å². The zero-order valence-electron chi connectivity index (χ0n) is 7.88. The predicted octanol–water partition coefficient (Wildman–Crippen LogP) is 0.653. The summed E-state index contributed by atoms with van der Waals surface area (Å²) in [7, 11) is -3.94. The number of nitrogens with two attached hydrogens (primary N) is 1. The van der Waals surface area contributed by atoms with E-state index < -0.39 is 16.1 Å². The largest absolute Gasteiger partial charge is 0.351 e. The molecule has 0 aliphatic rings. The van der Waals surface area contributed by atoms with Crippen molar-refractivity contribution >= 4 is 37.6 Å². The second-order valence-electron chi connectivity index (χ2n) is 2.92. The third-order valence-electron chi connectivity index (χ3n) is 1.74. The highest BCUT2D eigenvalue weighted by Crippen LogP contribution is 2.24. The van der Waals surface area contributed by atoms with E-state index in [9.17, 15) is 13.2 Å². The summed E-state index contributed by atoms with van der Waals surface area (Å²) in [6.45, 7) is 0. The molecule has 1 heterocycles. The summed E-state index contributed by atoms with van der Waals surface area (Å²) in [5.74, 6) is 0. The van der Waals surface area contributed by atoms with Gasteiger partial charge in [0.15, 0.2) is 0 Å². The van der Waals surface area contributed by atoms with E-state index in [0.717, 1.165) is 16.0 Å². The molecule has 3 N–H and O–H groups in total. The lowest BCUT2D eigenvalue weighted by Crippen LogP contribution is -2.34. The van der Waals surface area contributed by atoms with Crippen molar-refractivity contribution in [2.45, 2.75) is 4.34 Å². The summed E-state index contributed by atoms with van der Waals surface area (Å²) in [6.07, 6.45) is 0. The van der Waals surface area contributed by atoms with Gasteiger partial charge in [0.1, 0.15) is 0 Å². The molecule has 0 atom stereocenters. The van der Waals surface area contributed by atoms with Gasteiger partial charge >= 0.3 is 6.03 Å². The van der Waals surface area contributed by atoms with E-state index in [1.807, 2.05) is 0 Å². The Balaban J connectivity index is 2.52. The maximum absolute atomic E-state index is 11.5. The molecule has 0 aliphatic carbocycles. The Morgan fingerprint density at radius 2 is 2.06 bits per heavy atom. The van der Waals surface area contributed by atoms with Crippen molar-refractivity contribution in [1.82, 2.24) is 9.71 Å². The van der Waals surface area contributed by atoms with Crippen molar-refractivity contribution < 1.29 is 13.2 Å². The van der Waals surface area contributed by atoms with Gasteiger partial charge in [-0.25, -0.2) is 14.5 Å². The minimum atomic E-state index is -3.94. The number of thiazole rings is 1. The monoisotopic (exact) mass is 257 g/mol. The number of hydrogen-bond acceptors (Lipinski definition) is 5. The van der Waals surface area contributed by atoms with Crippen LogP contribution in [0.1, 0.15) is 0 Å². The smallest absolute Gasteiger partial charge is 0.326 e. The average Bonchev–Trinajstić information content (AvgIpc) is 2.59. The number of fused-ring (bicyclic) bond motifs is 1. The van der Waals surface area contributed by atoms with E-state index in [2.05, 4.69) is 4.98 Å². The third-order valence-corrected chi connectivity index (χ3v) is 4.50. The van der Waals surface area contributed by atoms with Crippen LogP contribution in [0.4, 0.5) is 4.79 Å². The Bertz CT molecular complexity index is 614. The van der Waals surface area contributed by atoms with Gasteiger partial charge in [-0.3, -0.25) is 0 Å². The molecule has 2 aromatic rings. The molecule has 0 radical (unpaired) electrons. The van der Waals surface area contributed by atoms with E-state index in [0.29, 0.717) is 5.52 Å². The standard InChI is InChI=1S/C8H7N3O3S2/c9-7(12)11-16(13,14)8-10-5-3-1-2-4-6(5)15-8/h1-4H,(H3,9,11,12). The van der Waals surface area contributed by atoms with Crippen LogP contribution in [0.2, 0.25) is 0 Å². The van der Waals surface area contributed by atoms with E-state index >= 15 is 0 Å². The quantitative estimate of drug-likeness (QED) is 0.824. The molecule has 84 valence electrons. The molecular formula is C8H7N3O3S2. The van der Waals surface area contributed by atoms with Crippen molar-refractivity contribution in [3.63, 3.8) is 0 Å². The Kier molecular flexibility index (Phi) is 2.52. The van der Waals surface area contributed by atoms with Crippen LogP contribution in [-0.4, -0.2) is 19.4 Å². The Hall–Kier alpha value is -1.67. The van der Waals surface area contributed by atoms with Gasteiger partial charge in [0.2, 0.25) is 4.34 Å². The van der Waals surface area contributed by atoms with Crippen molar-refractivity contribution in [3.05, 3.63) is 24.3 Å². The molecule has 16 heavy (non-hydrogen) atoms. The predicted molar refractivity (Wildman–Crippen MR) is 59.5 cm³/mol. The number of hydrogen-bond donors (Lipinski definition) is 2. The van der Waals surface area contributed by atoms with Crippen LogP contribution in [0.5, 0.6) is 0 Å². The van der Waals surface area contributed by atoms with Gasteiger partial charge in [0.25, 0.3) is 10.0 Å². The second-order valence-corrected chi connectivity index (χ2v) is 5.80. The number of nitrogens with zero attached hydrogens (tertiary/aromatic N) is 1. The number of amides is 2. The number of carbonyl (C=O) groups excluding carboxylic acids is 1. The van der Waals surface area contributed by atoms with Gasteiger partial charge in [-0.05, 0) is 12.1 Å². The van der Waals surface area contributed by atoms with Gasteiger partial charge in [-0.2, -0.15) is 8.42 Å². The number of carbonyl (C=O) groups is 1. The minimum Gasteiger partial charge on any atom is -0.351 e. The lowest BCUT2D eigenvalue weighted by Gasteiger charge is -1.98. The van der Waals surface area contributed by atoms with Crippen LogP contribution >= 0.6 is 11.3 Å². The molecule has 0 fully saturated rings. The van der Waals surface area contributed by atoms with Crippen molar-refractivity contribution in [3.8, 4) is 0 Å². The second kappa shape index (κ2) is 3.72. The van der Waals surface area contributed by atoms with Crippen molar-refractivity contribution in [2.75, 3.05) is 0 Å². The van der Waals surface area contributed by atoms with Crippen LogP contribution in [0, 0.1) is 0 Å². The highest BCUT2D eigenvalue weighted by atomic mass is 32.2. The average molecular weight is 257 g/mol. The topological polar surface area (TPSA) is 102 Å². The number of nitrogens with one attached hydrogen (secondary N) is 1. The van der Waals surface area contributed by atoms with E-state index in [-0.39, 0.29) is 4.34 Å². The fourth-order valence-electron chi connectivity index (χ4n) is 1.14. The fourth-order valence-corrected chi connectivity index (χ4v) is 3.24. The summed E-state index contributed by atoms with van der Waals surface area (Å²) in [5.41, 5.74) is 5.32. The third kappa shape index (κ3) is 1.97. The molecule has 0 aliphatic heterocycles. The summed E-state index contributed by atoms with van der Waals surface area (Å²) < 4.78 is 25.3. The molecular weight excluding hydrogens is 250 g/mol. The summed E-state index contributed by atoms with van der Waals surface area (Å²) in [5, 5.41) is 0. The number of benzene rings is 1. The van der Waals surface area contributed by atoms with Gasteiger partial charge in [0, 0.05) is 0 Å². The minimum absolute atomic E-state index is 0.174. The zero-order chi connectivity index (χ0) is 11.8. The molecule has 0 saturated carbocycles. The molecule has 2 rings (SSSR count). The molecule has 0 spiro atoms. The lowest BCUT2D eigenvalue weighted by atomic mass is 10.3. The number of primary amides is 1. The van der Waals surface area contributed by atoms with Crippen molar-refractivity contribution in [1.29, 1.82) is 0 Å². The van der Waals surface area contributed by atoms with Crippen LogP contribution in [0.15, 0.2) is 28.6 Å². The normalized spacial score (nSPS) is 11.5. The highest BCUT2D eigenvalue weighted by Gasteiger charge is 2.20. The van der Waals surface area contributed by atoms with Crippen LogP contribution in [0.25, 0.3) is 10.2 Å². The SMILES string of the molecule is NC(=O)NS(=O)(=O)c1nc2ccccc2s1. The molecule has 1 aromatic heterocycles. The summed E-state index contributed by atoms with van der Waals surface area (Å²) in [4.78, 5) is 14.4. The molecule has 0 bridgehead atoms. The van der Waals surface area contributed by atoms with Gasteiger partial charge in [0.05, 0.1) is 10.2 Å². The number of aromatic nitrogens is 1. The highest BCUT2D eigenvalue weighted by molar-refractivity contribution is 7.92. The molecule has 6 nitrogen and oxygen atoms in total. The lowest BCUT2D eigenvalue weighted by molar-refractivity contribution is 0.253. The van der Waals surface area contributed by atoms with Gasteiger partial charge in [-0.15, -0.1) is 11.3 Å². The van der Waals surface area contributed by atoms with Crippen LogP contribution in [-0.2, 0) is 10.0 Å². The summed E-state index contributed by atoms with van der Waals surface area (Å²) >= 11 is 0.977. The molecule has 1 aromatic carbocycles. The number of rotatable bonds is 2. The maximum atomic E-state index is 11.5. The first-order valence-corrected chi connectivity index (χ1v) is 6.47. The Morgan fingerprint density at radius 1 is 1.38 bits per heavy atom. The Labute approximate surface area is 95.2 Å². The van der Waals surface area contributed by atoms with Crippen LogP contribution in [0.3, 0.4) is 0 Å². The first-order chi connectivity index (χ1) is 7.49. The maximum Gasteiger partial charge on any atom is 0.326 e. The fraction of sp³-hybridized carbons (Fsp3) is 0. The number of para-hydroxylation sites is 1. The zero-order valence-corrected chi connectivity index (χ0v) is 9.51.